The fraction of sp³-hybridized carbons (Fsp3) is 0.235. The fourth-order valence-corrected chi connectivity index (χ4v) is 2.72. The lowest BCUT2D eigenvalue weighted by atomic mass is 10.1. The fourth-order valence-electron chi connectivity index (χ4n) is 2.45. The van der Waals surface area contributed by atoms with Crippen LogP contribution in [0.3, 0.4) is 0 Å². The quantitative estimate of drug-likeness (QED) is 0.382. The third-order valence-electron chi connectivity index (χ3n) is 3.70. The summed E-state index contributed by atoms with van der Waals surface area (Å²) in [5.74, 6) is 1.70. The van der Waals surface area contributed by atoms with Crippen LogP contribution in [0.1, 0.15) is 17.9 Å². The van der Waals surface area contributed by atoms with E-state index in [0.717, 1.165) is 22.3 Å². The van der Waals surface area contributed by atoms with Crippen molar-refractivity contribution in [3.05, 3.63) is 58.6 Å². The molecule has 0 amide bonds. The first kappa shape index (κ1) is 18.1. The SMILES string of the molecule is COc1cccc(NC(N)=NC2CC2c2ccc(Br)cc2)c1.I. The maximum absolute atomic E-state index is 5.99. The third-order valence-corrected chi connectivity index (χ3v) is 4.23. The molecule has 0 aromatic heterocycles. The number of benzene rings is 2. The number of aliphatic imine (C=N–C) groups is 1. The highest BCUT2D eigenvalue weighted by Crippen LogP contribution is 2.43. The molecule has 2 aromatic rings. The summed E-state index contributed by atoms with van der Waals surface area (Å²) in [6.07, 6.45) is 1.04. The molecule has 1 saturated carbocycles. The summed E-state index contributed by atoms with van der Waals surface area (Å²) in [4.78, 5) is 4.55. The van der Waals surface area contributed by atoms with E-state index in [9.17, 15) is 0 Å². The summed E-state index contributed by atoms with van der Waals surface area (Å²) >= 11 is 3.45. The number of anilines is 1. The number of nitrogens with zero attached hydrogens (tertiary/aromatic N) is 1. The van der Waals surface area contributed by atoms with Crippen molar-refractivity contribution >= 4 is 51.6 Å². The van der Waals surface area contributed by atoms with Crippen molar-refractivity contribution < 1.29 is 4.74 Å². The summed E-state index contributed by atoms with van der Waals surface area (Å²) in [5, 5.41) is 3.11. The van der Waals surface area contributed by atoms with E-state index in [-0.39, 0.29) is 30.0 Å². The van der Waals surface area contributed by atoms with Crippen molar-refractivity contribution in [3.8, 4) is 5.75 Å². The average molecular weight is 488 g/mol. The van der Waals surface area contributed by atoms with Crippen molar-refractivity contribution in [3.63, 3.8) is 0 Å². The summed E-state index contributed by atoms with van der Waals surface area (Å²) in [6, 6.07) is 16.3. The Bertz CT molecular complexity index is 690. The van der Waals surface area contributed by atoms with Gasteiger partial charge in [0.1, 0.15) is 5.75 Å². The van der Waals surface area contributed by atoms with Gasteiger partial charge in [-0.2, -0.15) is 0 Å². The summed E-state index contributed by atoms with van der Waals surface area (Å²) < 4.78 is 6.28. The molecule has 0 spiro atoms. The second kappa shape index (κ2) is 8.01. The molecule has 0 saturated heterocycles. The molecule has 0 bridgehead atoms. The zero-order valence-corrected chi connectivity index (χ0v) is 16.6. The Hall–Kier alpha value is -1.28. The highest BCUT2D eigenvalue weighted by molar-refractivity contribution is 14.0. The number of methoxy groups -OCH3 is 1. The summed E-state index contributed by atoms with van der Waals surface area (Å²) in [7, 11) is 1.64. The summed E-state index contributed by atoms with van der Waals surface area (Å²) in [5.41, 5.74) is 8.18. The zero-order valence-electron chi connectivity index (χ0n) is 12.7. The average Bonchev–Trinajstić information content (AvgIpc) is 3.27. The van der Waals surface area contributed by atoms with Crippen LogP contribution in [0.5, 0.6) is 5.75 Å². The first-order chi connectivity index (χ1) is 10.7. The predicted molar refractivity (Wildman–Crippen MR) is 109 cm³/mol. The Morgan fingerprint density at radius 2 is 2.00 bits per heavy atom. The Kier molecular flexibility index (Phi) is 6.29. The molecule has 2 aromatic carbocycles. The molecule has 1 aliphatic carbocycles. The minimum absolute atomic E-state index is 0. The van der Waals surface area contributed by atoms with Crippen molar-refractivity contribution in [2.75, 3.05) is 12.4 Å². The molecular formula is C17H19BrIN3O. The topological polar surface area (TPSA) is 59.6 Å². The van der Waals surface area contributed by atoms with Crippen molar-refractivity contribution in [1.82, 2.24) is 0 Å². The molecule has 2 atom stereocenters. The smallest absolute Gasteiger partial charge is 0.193 e. The highest BCUT2D eigenvalue weighted by atomic mass is 127. The monoisotopic (exact) mass is 487 g/mol. The van der Waals surface area contributed by atoms with Crippen LogP contribution in [0.2, 0.25) is 0 Å². The van der Waals surface area contributed by atoms with Crippen LogP contribution < -0.4 is 15.8 Å². The minimum Gasteiger partial charge on any atom is -0.497 e. The van der Waals surface area contributed by atoms with Gasteiger partial charge in [0.25, 0.3) is 0 Å². The van der Waals surface area contributed by atoms with Gasteiger partial charge >= 0.3 is 0 Å². The van der Waals surface area contributed by atoms with E-state index in [0.29, 0.717) is 11.9 Å². The van der Waals surface area contributed by atoms with E-state index >= 15 is 0 Å². The van der Waals surface area contributed by atoms with Crippen LogP contribution in [0.25, 0.3) is 0 Å². The Morgan fingerprint density at radius 3 is 2.70 bits per heavy atom. The van der Waals surface area contributed by atoms with Crippen molar-refractivity contribution in [2.24, 2.45) is 10.7 Å². The Morgan fingerprint density at radius 1 is 1.26 bits per heavy atom. The zero-order chi connectivity index (χ0) is 15.5. The molecule has 1 fully saturated rings. The number of nitrogens with two attached hydrogens (primary N) is 1. The van der Waals surface area contributed by atoms with E-state index in [4.69, 9.17) is 10.5 Å². The van der Waals surface area contributed by atoms with Crippen LogP contribution in [-0.4, -0.2) is 19.1 Å². The molecule has 3 rings (SSSR count). The van der Waals surface area contributed by atoms with E-state index in [1.165, 1.54) is 5.56 Å². The first-order valence-corrected chi connectivity index (χ1v) is 7.95. The standard InChI is InChI=1S/C17H18BrN3O.HI/c1-22-14-4-2-3-13(9-14)20-17(19)21-16-10-15(16)11-5-7-12(18)8-6-11;/h2-9,15-16H,10H2,1H3,(H3,19,20,21);1H. The van der Waals surface area contributed by atoms with Gasteiger partial charge in [-0.1, -0.05) is 34.1 Å². The second-order valence-corrected chi connectivity index (χ2v) is 6.25. The molecule has 1 aliphatic rings. The highest BCUT2D eigenvalue weighted by Gasteiger charge is 2.38. The third kappa shape index (κ3) is 4.84. The number of ether oxygens (including phenoxy) is 1. The molecule has 4 nitrogen and oxygen atoms in total. The number of hydrogen-bond donors (Lipinski definition) is 2. The molecule has 0 heterocycles. The predicted octanol–water partition coefficient (Wildman–Crippen LogP) is 4.36. The van der Waals surface area contributed by atoms with Gasteiger partial charge in [0.15, 0.2) is 5.96 Å². The number of guanidine groups is 1. The normalized spacial score (nSPS) is 19.7. The lowest BCUT2D eigenvalue weighted by Gasteiger charge is -2.07. The minimum atomic E-state index is 0. The molecule has 3 N–H and O–H groups in total. The van der Waals surface area contributed by atoms with Gasteiger partial charge < -0.3 is 15.8 Å². The molecule has 0 radical (unpaired) electrons. The van der Waals surface area contributed by atoms with Gasteiger partial charge in [-0.15, -0.1) is 24.0 Å². The van der Waals surface area contributed by atoms with Crippen molar-refractivity contribution in [2.45, 2.75) is 18.4 Å². The molecule has 0 aliphatic heterocycles. The van der Waals surface area contributed by atoms with Crippen LogP contribution in [0.4, 0.5) is 5.69 Å². The Balaban J connectivity index is 0.00000192. The number of rotatable bonds is 4. The van der Waals surface area contributed by atoms with Crippen LogP contribution in [-0.2, 0) is 0 Å². The molecule has 6 heteroatoms. The van der Waals surface area contributed by atoms with Gasteiger partial charge in [0, 0.05) is 22.1 Å². The van der Waals surface area contributed by atoms with Crippen LogP contribution >= 0.6 is 39.9 Å². The first-order valence-electron chi connectivity index (χ1n) is 7.15. The number of halogens is 2. The van der Waals surface area contributed by atoms with Crippen molar-refractivity contribution in [1.29, 1.82) is 0 Å². The van der Waals surface area contributed by atoms with Gasteiger partial charge in [-0.25, -0.2) is 4.99 Å². The maximum Gasteiger partial charge on any atom is 0.193 e. The number of hydrogen-bond acceptors (Lipinski definition) is 2. The Labute approximate surface area is 161 Å². The van der Waals surface area contributed by atoms with Gasteiger partial charge in [-0.3, -0.25) is 0 Å². The molecule has 23 heavy (non-hydrogen) atoms. The molecule has 2 unspecified atom stereocenters. The molecular weight excluding hydrogens is 469 g/mol. The van der Waals surface area contributed by atoms with Gasteiger partial charge in [-0.05, 0) is 36.2 Å². The maximum atomic E-state index is 5.99. The van der Waals surface area contributed by atoms with E-state index in [2.05, 4.69) is 50.5 Å². The van der Waals surface area contributed by atoms with Crippen LogP contribution in [0.15, 0.2) is 58.0 Å². The lowest BCUT2D eigenvalue weighted by molar-refractivity contribution is 0.415. The van der Waals surface area contributed by atoms with Crippen LogP contribution in [0, 0.1) is 0 Å². The van der Waals surface area contributed by atoms with E-state index in [1.807, 2.05) is 24.3 Å². The lowest BCUT2D eigenvalue weighted by Crippen LogP contribution is -2.23. The second-order valence-electron chi connectivity index (χ2n) is 5.33. The van der Waals surface area contributed by atoms with E-state index < -0.39 is 0 Å². The molecule has 122 valence electrons. The van der Waals surface area contributed by atoms with E-state index in [1.54, 1.807) is 7.11 Å². The van der Waals surface area contributed by atoms with Gasteiger partial charge in [0.2, 0.25) is 0 Å². The van der Waals surface area contributed by atoms with Gasteiger partial charge in [0.05, 0.1) is 13.2 Å². The largest absolute Gasteiger partial charge is 0.497 e. The number of nitrogens with one attached hydrogen (secondary N) is 1. The summed E-state index contributed by atoms with van der Waals surface area (Å²) in [6.45, 7) is 0.